The third-order valence-electron chi connectivity index (χ3n) is 3.00. The van der Waals surface area contributed by atoms with Gasteiger partial charge in [0.25, 0.3) is 0 Å². The number of aromatic nitrogens is 2. The minimum atomic E-state index is 0.0969. The van der Waals surface area contributed by atoms with Gasteiger partial charge in [0.2, 0.25) is 0 Å². The molecule has 0 amide bonds. The molecule has 17 heavy (non-hydrogen) atoms. The molecule has 1 aliphatic rings. The van der Waals surface area contributed by atoms with Gasteiger partial charge in [-0.2, -0.15) is 16.4 Å². The van der Waals surface area contributed by atoms with Crippen molar-refractivity contribution < 1.29 is 0 Å². The summed E-state index contributed by atoms with van der Waals surface area (Å²) in [6.45, 7) is 0.888. The Kier molecular flexibility index (Phi) is 2.48. The van der Waals surface area contributed by atoms with E-state index in [1.807, 2.05) is 22.2 Å². The van der Waals surface area contributed by atoms with Crippen molar-refractivity contribution in [1.29, 1.82) is 5.41 Å². The van der Waals surface area contributed by atoms with Gasteiger partial charge in [0, 0.05) is 17.5 Å². The summed E-state index contributed by atoms with van der Waals surface area (Å²) in [6.07, 6.45) is 2.54. The highest BCUT2D eigenvalue weighted by Gasteiger charge is 2.24. The van der Waals surface area contributed by atoms with Crippen LogP contribution in [0.4, 0.5) is 0 Å². The van der Waals surface area contributed by atoms with E-state index in [2.05, 4.69) is 10.5 Å². The van der Waals surface area contributed by atoms with Gasteiger partial charge in [-0.1, -0.05) is 0 Å². The molecule has 3 N–H and O–H groups in total. The topological polar surface area (TPSA) is 67.7 Å². The number of nitrogens with one attached hydrogen (secondary N) is 1. The molecule has 0 spiro atoms. The Hall–Kier alpha value is -1.62. The number of nitrogens with zero attached hydrogens (tertiary/aromatic N) is 2. The summed E-state index contributed by atoms with van der Waals surface area (Å²) in [6, 6.07) is 3.95. The Labute approximate surface area is 104 Å². The van der Waals surface area contributed by atoms with Gasteiger partial charge < -0.3 is 5.73 Å². The molecular formula is C12H14N4S. The van der Waals surface area contributed by atoms with Gasteiger partial charge in [0.05, 0.1) is 5.69 Å². The lowest BCUT2D eigenvalue weighted by Gasteiger charge is -2.03. The summed E-state index contributed by atoms with van der Waals surface area (Å²) in [7, 11) is 0. The highest BCUT2D eigenvalue weighted by atomic mass is 32.1. The molecule has 0 aliphatic heterocycles. The number of nitrogens with two attached hydrogens (primary N) is 1. The number of hydrogen-bond donors (Lipinski definition) is 2. The summed E-state index contributed by atoms with van der Waals surface area (Å²) in [5, 5.41) is 16.2. The van der Waals surface area contributed by atoms with Crippen LogP contribution in [0.25, 0.3) is 11.3 Å². The molecular weight excluding hydrogens is 232 g/mol. The van der Waals surface area contributed by atoms with Gasteiger partial charge in [-0.15, -0.1) is 0 Å². The highest BCUT2D eigenvalue weighted by Crippen LogP contribution is 2.31. The first kappa shape index (κ1) is 10.5. The Morgan fingerprint density at radius 2 is 2.41 bits per heavy atom. The molecule has 3 rings (SSSR count). The maximum atomic E-state index is 7.60. The number of nitrogen functional groups attached to an aromatic ring is 1. The average Bonchev–Trinajstić information content (AvgIpc) is 2.82. The zero-order chi connectivity index (χ0) is 11.8. The third-order valence-corrected chi connectivity index (χ3v) is 3.68. The van der Waals surface area contributed by atoms with E-state index in [1.54, 1.807) is 11.3 Å². The van der Waals surface area contributed by atoms with Crippen molar-refractivity contribution in [2.45, 2.75) is 19.4 Å². The fourth-order valence-electron chi connectivity index (χ4n) is 1.87. The van der Waals surface area contributed by atoms with E-state index in [1.165, 1.54) is 12.8 Å². The molecule has 0 unspecified atom stereocenters. The van der Waals surface area contributed by atoms with E-state index in [0.29, 0.717) is 0 Å². The van der Waals surface area contributed by atoms with Crippen molar-refractivity contribution in [3.05, 3.63) is 28.6 Å². The Morgan fingerprint density at radius 1 is 1.59 bits per heavy atom. The molecule has 0 aromatic carbocycles. The molecule has 2 aromatic rings. The zero-order valence-electron chi connectivity index (χ0n) is 9.39. The summed E-state index contributed by atoms with van der Waals surface area (Å²) in [5.41, 5.74) is 8.35. The molecule has 2 aromatic heterocycles. The second-order valence-electron chi connectivity index (χ2n) is 4.47. The Morgan fingerprint density at radius 3 is 3.00 bits per heavy atom. The van der Waals surface area contributed by atoms with Crippen LogP contribution in [0.1, 0.15) is 18.5 Å². The quantitative estimate of drug-likeness (QED) is 0.642. The largest absolute Gasteiger partial charge is 0.382 e. The molecule has 1 saturated carbocycles. The van der Waals surface area contributed by atoms with Crippen LogP contribution in [-0.2, 0) is 6.54 Å². The number of rotatable bonds is 4. The Balaban J connectivity index is 1.97. The van der Waals surface area contributed by atoms with Gasteiger partial charge in [-0.25, -0.2) is 0 Å². The van der Waals surface area contributed by atoms with Crippen molar-refractivity contribution in [1.82, 2.24) is 9.78 Å². The van der Waals surface area contributed by atoms with Crippen molar-refractivity contribution in [2.75, 3.05) is 0 Å². The first-order valence-corrected chi connectivity index (χ1v) is 6.63. The number of amidine groups is 1. The lowest BCUT2D eigenvalue weighted by Crippen LogP contribution is -2.18. The van der Waals surface area contributed by atoms with Gasteiger partial charge in [0.15, 0.2) is 0 Å². The van der Waals surface area contributed by atoms with Gasteiger partial charge in [0.1, 0.15) is 11.5 Å². The van der Waals surface area contributed by atoms with E-state index < -0.39 is 0 Å². The van der Waals surface area contributed by atoms with Crippen LogP contribution in [0.3, 0.4) is 0 Å². The van der Waals surface area contributed by atoms with Crippen molar-refractivity contribution in [3.8, 4) is 11.3 Å². The molecule has 1 fully saturated rings. The lowest BCUT2D eigenvalue weighted by atomic mass is 10.2. The summed E-state index contributed by atoms with van der Waals surface area (Å²) in [5.74, 6) is 0.822. The maximum absolute atomic E-state index is 7.60. The van der Waals surface area contributed by atoms with Crippen LogP contribution in [0, 0.1) is 11.3 Å². The molecule has 0 atom stereocenters. The minimum Gasteiger partial charge on any atom is -0.382 e. The van der Waals surface area contributed by atoms with Gasteiger partial charge in [-0.05, 0) is 36.3 Å². The molecule has 0 saturated heterocycles. The maximum Gasteiger partial charge on any atom is 0.141 e. The van der Waals surface area contributed by atoms with Crippen LogP contribution in [0.15, 0.2) is 22.9 Å². The zero-order valence-corrected chi connectivity index (χ0v) is 10.2. The molecule has 0 radical (unpaired) electrons. The average molecular weight is 246 g/mol. The summed E-state index contributed by atoms with van der Waals surface area (Å²) < 4.78 is 1.88. The smallest absolute Gasteiger partial charge is 0.141 e. The first-order valence-electron chi connectivity index (χ1n) is 5.69. The van der Waals surface area contributed by atoms with E-state index in [4.69, 9.17) is 11.1 Å². The second-order valence-corrected chi connectivity index (χ2v) is 5.25. The van der Waals surface area contributed by atoms with E-state index in [9.17, 15) is 0 Å². The minimum absolute atomic E-state index is 0.0969. The van der Waals surface area contributed by atoms with Gasteiger partial charge in [-0.3, -0.25) is 10.1 Å². The molecule has 2 heterocycles. The summed E-state index contributed by atoms with van der Waals surface area (Å²) >= 11 is 1.65. The molecule has 0 bridgehead atoms. The molecule has 4 nitrogen and oxygen atoms in total. The fraction of sp³-hybridized carbons (Fsp3) is 0.333. The van der Waals surface area contributed by atoms with Crippen molar-refractivity contribution in [3.63, 3.8) is 0 Å². The van der Waals surface area contributed by atoms with Crippen LogP contribution in [0.2, 0.25) is 0 Å². The number of hydrogen-bond acceptors (Lipinski definition) is 3. The SMILES string of the molecule is N=C(N)c1cc(-c2ccsc2)nn1CC1CC1. The predicted molar refractivity (Wildman–Crippen MR) is 69.3 cm³/mol. The van der Waals surface area contributed by atoms with Crippen molar-refractivity contribution >= 4 is 17.2 Å². The molecule has 5 heteroatoms. The second kappa shape index (κ2) is 4.00. The highest BCUT2D eigenvalue weighted by molar-refractivity contribution is 7.08. The standard InChI is InChI=1S/C12H14N4S/c13-12(14)11-5-10(9-3-4-17-7-9)15-16(11)6-8-1-2-8/h3-5,7-8H,1-2,6H2,(H3,13,14). The van der Waals surface area contributed by atoms with Crippen LogP contribution in [-0.4, -0.2) is 15.6 Å². The third kappa shape index (κ3) is 2.10. The van der Waals surface area contributed by atoms with Crippen LogP contribution >= 0.6 is 11.3 Å². The van der Waals surface area contributed by atoms with E-state index in [0.717, 1.165) is 29.4 Å². The Bertz CT molecular complexity index is 537. The monoisotopic (exact) mass is 246 g/mol. The van der Waals surface area contributed by atoms with Gasteiger partial charge >= 0.3 is 0 Å². The molecule has 1 aliphatic carbocycles. The summed E-state index contributed by atoms with van der Waals surface area (Å²) in [4.78, 5) is 0. The normalized spacial score (nSPS) is 15.1. The van der Waals surface area contributed by atoms with Crippen LogP contribution < -0.4 is 5.73 Å². The van der Waals surface area contributed by atoms with E-state index in [-0.39, 0.29) is 5.84 Å². The lowest BCUT2D eigenvalue weighted by molar-refractivity contribution is 0.560. The first-order chi connectivity index (χ1) is 8.24. The van der Waals surface area contributed by atoms with E-state index >= 15 is 0 Å². The number of thiophene rings is 1. The molecule has 88 valence electrons. The fourth-order valence-corrected chi connectivity index (χ4v) is 2.52. The van der Waals surface area contributed by atoms with Crippen LogP contribution in [0.5, 0.6) is 0 Å². The predicted octanol–water partition coefficient (Wildman–Crippen LogP) is 2.31. The van der Waals surface area contributed by atoms with Crippen molar-refractivity contribution in [2.24, 2.45) is 11.7 Å².